The molecule has 1 N–H and O–H groups in total. The van der Waals surface area contributed by atoms with Crippen LogP contribution in [0.5, 0.6) is 11.5 Å². The van der Waals surface area contributed by atoms with Gasteiger partial charge in [0.1, 0.15) is 11.4 Å². The Hall–Kier alpha value is -2.56. The number of amides is 1. The van der Waals surface area contributed by atoms with E-state index >= 15 is 0 Å². The number of rotatable bonds is 5. The number of hydrogen-bond donors (Lipinski definition) is 1. The number of halogens is 1. The Kier molecular flexibility index (Phi) is 4.66. The fourth-order valence-electron chi connectivity index (χ4n) is 2.84. The molecule has 4 nitrogen and oxygen atoms in total. The van der Waals surface area contributed by atoms with E-state index in [-0.39, 0.29) is 30.5 Å². The predicted octanol–water partition coefficient (Wildman–Crippen LogP) is 3.54. The summed E-state index contributed by atoms with van der Waals surface area (Å²) >= 11 is 0. The highest BCUT2D eigenvalue weighted by Gasteiger charge is 2.32. The van der Waals surface area contributed by atoms with Crippen LogP contribution in [0.2, 0.25) is 0 Å². The first-order chi connectivity index (χ1) is 11.8. The van der Waals surface area contributed by atoms with Crippen LogP contribution < -0.4 is 14.8 Å². The SMILES string of the molecule is Cc1ccc(CNC(=O)COc2cccc3c2OC(C)(C)C3)cc1F. The lowest BCUT2D eigenvalue weighted by Crippen LogP contribution is -2.28. The first-order valence-corrected chi connectivity index (χ1v) is 8.29. The predicted molar refractivity (Wildman–Crippen MR) is 93.3 cm³/mol. The number of aryl methyl sites for hydroxylation is 1. The molecule has 0 spiro atoms. The molecule has 0 unspecified atom stereocenters. The smallest absolute Gasteiger partial charge is 0.258 e. The van der Waals surface area contributed by atoms with Gasteiger partial charge in [0.25, 0.3) is 5.91 Å². The third-order valence-electron chi connectivity index (χ3n) is 4.14. The van der Waals surface area contributed by atoms with E-state index in [1.54, 1.807) is 25.1 Å². The molecule has 3 rings (SSSR count). The Bertz CT molecular complexity index is 802. The average Bonchev–Trinajstić information content (AvgIpc) is 2.88. The van der Waals surface area contributed by atoms with E-state index in [0.717, 1.165) is 12.0 Å². The van der Waals surface area contributed by atoms with Crippen molar-refractivity contribution >= 4 is 5.91 Å². The Morgan fingerprint density at radius 3 is 2.88 bits per heavy atom. The molecule has 2 aromatic carbocycles. The second-order valence-corrected chi connectivity index (χ2v) is 6.93. The van der Waals surface area contributed by atoms with E-state index in [1.807, 2.05) is 26.0 Å². The molecule has 5 heteroatoms. The maximum absolute atomic E-state index is 13.5. The van der Waals surface area contributed by atoms with Crippen molar-refractivity contribution in [2.24, 2.45) is 0 Å². The van der Waals surface area contributed by atoms with Crippen molar-refractivity contribution in [1.29, 1.82) is 0 Å². The maximum Gasteiger partial charge on any atom is 0.258 e. The van der Waals surface area contributed by atoms with Crippen LogP contribution in [0, 0.1) is 12.7 Å². The minimum absolute atomic E-state index is 0.116. The molecule has 0 aromatic heterocycles. The van der Waals surface area contributed by atoms with Crippen LogP contribution in [0.3, 0.4) is 0 Å². The van der Waals surface area contributed by atoms with Gasteiger partial charge in [-0.05, 0) is 44.0 Å². The summed E-state index contributed by atoms with van der Waals surface area (Å²) in [5.41, 5.74) is 2.11. The molecular formula is C20H22FNO3. The highest BCUT2D eigenvalue weighted by atomic mass is 19.1. The lowest BCUT2D eigenvalue weighted by molar-refractivity contribution is -0.123. The quantitative estimate of drug-likeness (QED) is 0.903. The summed E-state index contributed by atoms with van der Waals surface area (Å²) in [5.74, 6) is 0.735. The summed E-state index contributed by atoms with van der Waals surface area (Å²) in [6, 6.07) is 10.6. The number of para-hydroxylation sites is 1. The molecule has 1 aliphatic heterocycles. The second-order valence-electron chi connectivity index (χ2n) is 6.93. The van der Waals surface area contributed by atoms with Gasteiger partial charge in [0.15, 0.2) is 18.1 Å². The summed E-state index contributed by atoms with van der Waals surface area (Å²) in [6.07, 6.45) is 0.810. The number of nitrogens with one attached hydrogen (secondary N) is 1. The molecule has 0 aliphatic carbocycles. The van der Waals surface area contributed by atoms with Gasteiger partial charge in [0, 0.05) is 18.5 Å². The summed E-state index contributed by atoms with van der Waals surface area (Å²) in [5, 5.41) is 2.73. The third-order valence-corrected chi connectivity index (χ3v) is 4.14. The normalized spacial score (nSPS) is 14.6. The van der Waals surface area contributed by atoms with Gasteiger partial charge in [-0.2, -0.15) is 0 Å². The van der Waals surface area contributed by atoms with Crippen LogP contribution in [0.4, 0.5) is 4.39 Å². The zero-order valence-corrected chi connectivity index (χ0v) is 14.7. The fourth-order valence-corrected chi connectivity index (χ4v) is 2.84. The van der Waals surface area contributed by atoms with E-state index in [1.165, 1.54) is 6.07 Å². The van der Waals surface area contributed by atoms with Crippen molar-refractivity contribution in [3.63, 3.8) is 0 Å². The minimum Gasteiger partial charge on any atom is -0.483 e. The molecule has 1 amide bonds. The zero-order valence-electron chi connectivity index (χ0n) is 14.7. The molecule has 0 fully saturated rings. The van der Waals surface area contributed by atoms with Crippen LogP contribution in [-0.2, 0) is 17.8 Å². The van der Waals surface area contributed by atoms with Crippen molar-refractivity contribution in [2.45, 2.75) is 39.3 Å². The van der Waals surface area contributed by atoms with E-state index in [4.69, 9.17) is 9.47 Å². The van der Waals surface area contributed by atoms with Crippen molar-refractivity contribution in [3.05, 3.63) is 58.9 Å². The van der Waals surface area contributed by atoms with E-state index in [0.29, 0.717) is 22.6 Å². The topological polar surface area (TPSA) is 47.6 Å². The van der Waals surface area contributed by atoms with Gasteiger partial charge in [0.2, 0.25) is 0 Å². The molecule has 132 valence electrons. The Labute approximate surface area is 147 Å². The molecule has 0 saturated carbocycles. The highest BCUT2D eigenvalue weighted by Crippen LogP contribution is 2.41. The molecule has 0 atom stereocenters. The first kappa shape index (κ1) is 17.3. The van der Waals surface area contributed by atoms with Gasteiger partial charge in [-0.3, -0.25) is 4.79 Å². The standard InChI is InChI=1S/C20H22FNO3/c1-13-7-8-14(9-16(13)21)11-22-18(23)12-24-17-6-4-5-15-10-20(2,3)25-19(15)17/h4-9H,10-12H2,1-3H3,(H,22,23). The maximum atomic E-state index is 13.5. The van der Waals surface area contributed by atoms with E-state index in [9.17, 15) is 9.18 Å². The third kappa shape index (κ3) is 4.10. The van der Waals surface area contributed by atoms with E-state index < -0.39 is 0 Å². The number of benzene rings is 2. The lowest BCUT2D eigenvalue weighted by Gasteiger charge is -2.18. The summed E-state index contributed by atoms with van der Waals surface area (Å²) in [6.45, 7) is 5.88. The largest absolute Gasteiger partial charge is 0.483 e. The van der Waals surface area contributed by atoms with Gasteiger partial charge < -0.3 is 14.8 Å². The van der Waals surface area contributed by atoms with Gasteiger partial charge in [0.05, 0.1) is 0 Å². The number of hydrogen-bond acceptors (Lipinski definition) is 3. The zero-order chi connectivity index (χ0) is 18.0. The monoisotopic (exact) mass is 343 g/mol. The Balaban J connectivity index is 1.55. The van der Waals surface area contributed by atoms with Crippen LogP contribution in [0.15, 0.2) is 36.4 Å². The molecule has 0 radical (unpaired) electrons. The molecule has 0 bridgehead atoms. The second kappa shape index (κ2) is 6.75. The summed E-state index contributed by atoms with van der Waals surface area (Å²) in [4.78, 5) is 12.0. The highest BCUT2D eigenvalue weighted by molar-refractivity contribution is 5.77. The Morgan fingerprint density at radius 1 is 1.32 bits per heavy atom. The van der Waals surface area contributed by atoms with E-state index in [2.05, 4.69) is 5.32 Å². The minimum atomic E-state index is -0.275. The number of fused-ring (bicyclic) bond motifs is 1. The molecule has 2 aromatic rings. The lowest BCUT2D eigenvalue weighted by atomic mass is 10.0. The molecule has 1 heterocycles. The van der Waals surface area contributed by atoms with Gasteiger partial charge in [-0.25, -0.2) is 4.39 Å². The van der Waals surface area contributed by atoms with Gasteiger partial charge in [-0.1, -0.05) is 24.3 Å². The van der Waals surface area contributed by atoms with Gasteiger partial charge >= 0.3 is 0 Å². The number of ether oxygens (including phenoxy) is 2. The van der Waals surface area contributed by atoms with Crippen molar-refractivity contribution in [3.8, 4) is 11.5 Å². The van der Waals surface area contributed by atoms with Crippen LogP contribution in [-0.4, -0.2) is 18.1 Å². The summed E-state index contributed by atoms with van der Waals surface area (Å²) < 4.78 is 25.0. The van der Waals surface area contributed by atoms with Crippen LogP contribution >= 0.6 is 0 Å². The number of carbonyl (C=O) groups excluding carboxylic acids is 1. The Morgan fingerprint density at radius 2 is 2.12 bits per heavy atom. The van der Waals surface area contributed by atoms with Crippen LogP contribution in [0.1, 0.15) is 30.5 Å². The molecule has 0 saturated heterocycles. The molecule has 25 heavy (non-hydrogen) atoms. The van der Waals surface area contributed by atoms with Crippen LogP contribution in [0.25, 0.3) is 0 Å². The first-order valence-electron chi connectivity index (χ1n) is 8.29. The molecule has 1 aliphatic rings. The summed E-state index contributed by atoms with van der Waals surface area (Å²) in [7, 11) is 0. The van der Waals surface area contributed by atoms with Crippen molar-refractivity contribution < 1.29 is 18.7 Å². The number of carbonyl (C=O) groups is 1. The molecular weight excluding hydrogens is 321 g/mol. The fraction of sp³-hybridized carbons (Fsp3) is 0.350. The van der Waals surface area contributed by atoms with Gasteiger partial charge in [-0.15, -0.1) is 0 Å². The van der Waals surface area contributed by atoms with Crippen molar-refractivity contribution in [1.82, 2.24) is 5.32 Å². The van der Waals surface area contributed by atoms with Crippen molar-refractivity contribution in [2.75, 3.05) is 6.61 Å². The average molecular weight is 343 g/mol.